The lowest BCUT2D eigenvalue weighted by molar-refractivity contribution is -0.140. The Morgan fingerprint density at radius 1 is 0.844 bits per heavy atom. The van der Waals surface area contributed by atoms with E-state index in [0.29, 0.717) is 11.4 Å². The third-order valence-electron chi connectivity index (χ3n) is 7.53. The number of hydrogen-bond acceptors (Lipinski definition) is 4. The molecule has 45 heavy (non-hydrogen) atoms. The van der Waals surface area contributed by atoms with E-state index in [4.69, 9.17) is 23.2 Å². The lowest BCUT2D eigenvalue weighted by Gasteiger charge is -2.34. The fourth-order valence-electron chi connectivity index (χ4n) is 4.80. The van der Waals surface area contributed by atoms with E-state index in [1.54, 1.807) is 18.2 Å². The average Bonchev–Trinajstić information content (AvgIpc) is 3.03. The third-order valence-corrected chi connectivity index (χ3v) is 9.85. The molecule has 1 N–H and O–H groups in total. The van der Waals surface area contributed by atoms with Gasteiger partial charge in [0.05, 0.1) is 15.6 Å². The SMILES string of the molecule is CC[C@@H](C)NC(=O)[C@@H](Cc1ccccc1)N(Cc1ccc(C)cc1)C(=O)CN(c1ccc(Cl)cc1Cl)S(=O)(=O)c1ccccc1. The number of hydrogen-bond donors (Lipinski definition) is 1. The number of nitrogens with one attached hydrogen (secondary N) is 1. The van der Waals surface area contributed by atoms with E-state index in [0.717, 1.165) is 21.0 Å². The van der Waals surface area contributed by atoms with Gasteiger partial charge in [-0.15, -0.1) is 0 Å². The Labute approximate surface area is 275 Å². The molecular formula is C35H37Cl2N3O4S. The highest BCUT2D eigenvalue weighted by Crippen LogP contribution is 2.33. The van der Waals surface area contributed by atoms with Crippen molar-refractivity contribution in [2.45, 2.75) is 57.1 Å². The van der Waals surface area contributed by atoms with Gasteiger partial charge >= 0.3 is 0 Å². The fourth-order valence-corrected chi connectivity index (χ4v) is 6.82. The van der Waals surface area contributed by atoms with Gasteiger partial charge in [0.15, 0.2) is 0 Å². The van der Waals surface area contributed by atoms with Crippen LogP contribution in [0.4, 0.5) is 5.69 Å². The Balaban J connectivity index is 1.82. The summed E-state index contributed by atoms with van der Waals surface area (Å²) in [5.41, 5.74) is 2.80. The van der Waals surface area contributed by atoms with Crippen molar-refractivity contribution in [2.75, 3.05) is 10.8 Å². The summed E-state index contributed by atoms with van der Waals surface area (Å²) in [6.07, 6.45) is 0.932. The van der Waals surface area contributed by atoms with Gasteiger partial charge in [-0.3, -0.25) is 13.9 Å². The molecule has 4 aromatic carbocycles. The molecule has 0 unspecified atom stereocenters. The van der Waals surface area contributed by atoms with Crippen LogP contribution in [0.3, 0.4) is 0 Å². The van der Waals surface area contributed by atoms with E-state index in [1.807, 2.05) is 75.4 Å². The number of anilines is 1. The fraction of sp³-hybridized carbons (Fsp3) is 0.257. The lowest BCUT2D eigenvalue weighted by atomic mass is 10.0. The van der Waals surface area contributed by atoms with E-state index in [2.05, 4.69) is 5.32 Å². The molecule has 0 spiro atoms. The van der Waals surface area contributed by atoms with Crippen molar-refractivity contribution in [2.24, 2.45) is 0 Å². The van der Waals surface area contributed by atoms with Crippen LogP contribution in [0.25, 0.3) is 0 Å². The number of benzene rings is 4. The molecule has 10 heteroatoms. The topological polar surface area (TPSA) is 86.8 Å². The second-order valence-corrected chi connectivity index (χ2v) is 13.7. The van der Waals surface area contributed by atoms with Crippen LogP contribution in [0.15, 0.2) is 108 Å². The predicted molar refractivity (Wildman–Crippen MR) is 181 cm³/mol. The Hall–Kier alpha value is -3.85. The van der Waals surface area contributed by atoms with E-state index >= 15 is 0 Å². The summed E-state index contributed by atoms with van der Waals surface area (Å²) >= 11 is 12.7. The van der Waals surface area contributed by atoms with Crippen LogP contribution in [-0.2, 0) is 32.6 Å². The minimum Gasteiger partial charge on any atom is -0.352 e. The van der Waals surface area contributed by atoms with Crippen molar-refractivity contribution >= 4 is 50.7 Å². The zero-order valence-electron chi connectivity index (χ0n) is 25.5. The first kappa shape index (κ1) is 34.0. The quantitative estimate of drug-likeness (QED) is 0.166. The van der Waals surface area contributed by atoms with Gasteiger partial charge in [0.2, 0.25) is 11.8 Å². The van der Waals surface area contributed by atoms with Crippen molar-refractivity contribution in [3.63, 3.8) is 0 Å². The van der Waals surface area contributed by atoms with Gasteiger partial charge in [0, 0.05) is 24.0 Å². The Morgan fingerprint density at radius 2 is 1.47 bits per heavy atom. The summed E-state index contributed by atoms with van der Waals surface area (Å²) in [6.45, 7) is 5.31. The highest BCUT2D eigenvalue weighted by molar-refractivity contribution is 7.92. The van der Waals surface area contributed by atoms with E-state index in [-0.39, 0.29) is 40.5 Å². The summed E-state index contributed by atoms with van der Waals surface area (Å²) in [5, 5.41) is 3.42. The molecule has 4 rings (SSSR count). The van der Waals surface area contributed by atoms with Crippen molar-refractivity contribution in [3.8, 4) is 0 Å². The number of aryl methyl sites for hydroxylation is 1. The number of halogens is 2. The number of sulfonamides is 1. The highest BCUT2D eigenvalue weighted by atomic mass is 35.5. The van der Waals surface area contributed by atoms with Crippen LogP contribution < -0.4 is 9.62 Å². The van der Waals surface area contributed by atoms with Crippen LogP contribution in [0.1, 0.15) is 37.0 Å². The molecule has 0 fully saturated rings. The normalized spacial score (nSPS) is 12.6. The largest absolute Gasteiger partial charge is 0.352 e. The zero-order chi connectivity index (χ0) is 32.6. The summed E-state index contributed by atoms with van der Waals surface area (Å²) in [4.78, 5) is 29.9. The maximum Gasteiger partial charge on any atom is 0.264 e. The Morgan fingerprint density at radius 3 is 2.07 bits per heavy atom. The first-order valence-corrected chi connectivity index (χ1v) is 16.9. The van der Waals surface area contributed by atoms with Gasteiger partial charge in [-0.05, 0) is 61.7 Å². The van der Waals surface area contributed by atoms with Crippen molar-refractivity contribution in [1.29, 1.82) is 0 Å². The molecule has 0 heterocycles. The standard InChI is InChI=1S/C35H37Cl2N3O4S/c1-4-26(3)38-35(42)33(21-27-11-7-5-8-12-27)39(23-28-17-15-25(2)16-18-28)34(41)24-40(32-20-19-29(36)22-31(32)37)45(43,44)30-13-9-6-10-14-30/h5-20,22,26,33H,4,21,23-24H2,1-3H3,(H,38,42)/t26-,33-/m1/s1. The molecule has 0 bridgehead atoms. The van der Waals surface area contributed by atoms with E-state index < -0.39 is 28.5 Å². The molecule has 0 aliphatic rings. The van der Waals surface area contributed by atoms with Crippen LogP contribution in [-0.4, -0.2) is 43.8 Å². The van der Waals surface area contributed by atoms with Crippen molar-refractivity contribution in [1.82, 2.24) is 10.2 Å². The van der Waals surface area contributed by atoms with E-state index in [1.165, 1.54) is 35.2 Å². The molecule has 2 amide bonds. The van der Waals surface area contributed by atoms with Gasteiger partial charge < -0.3 is 10.2 Å². The summed E-state index contributed by atoms with van der Waals surface area (Å²) in [5.74, 6) is -0.892. The Kier molecular flexibility index (Phi) is 11.7. The third kappa shape index (κ3) is 8.87. The predicted octanol–water partition coefficient (Wildman–Crippen LogP) is 7.05. The second kappa shape index (κ2) is 15.4. The monoisotopic (exact) mass is 665 g/mol. The number of carbonyl (C=O) groups excluding carboxylic acids is 2. The first-order chi connectivity index (χ1) is 21.5. The molecular weight excluding hydrogens is 629 g/mol. The molecule has 7 nitrogen and oxygen atoms in total. The molecule has 0 aromatic heterocycles. The van der Waals surface area contributed by atoms with Crippen LogP contribution in [0, 0.1) is 6.92 Å². The minimum atomic E-state index is -4.27. The number of rotatable bonds is 13. The van der Waals surface area contributed by atoms with Crippen LogP contribution >= 0.6 is 23.2 Å². The summed E-state index contributed by atoms with van der Waals surface area (Å²) < 4.78 is 29.2. The maximum atomic E-state index is 14.5. The number of carbonyl (C=O) groups is 2. The summed E-state index contributed by atoms with van der Waals surface area (Å²) in [6, 6.07) is 28.3. The molecule has 2 atom stereocenters. The van der Waals surface area contributed by atoms with Crippen LogP contribution in [0.5, 0.6) is 0 Å². The molecule has 0 aliphatic heterocycles. The van der Waals surface area contributed by atoms with Crippen molar-refractivity contribution in [3.05, 3.63) is 130 Å². The highest BCUT2D eigenvalue weighted by Gasteiger charge is 2.35. The van der Waals surface area contributed by atoms with Gasteiger partial charge in [-0.25, -0.2) is 8.42 Å². The maximum absolute atomic E-state index is 14.5. The molecule has 0 aliphatic carbocycles. The van der Waals surface area contributed by atoms with E-state index in [9.17, 15) is 18.0 Å². The molecule has 0 saturated heterocycles. The van der Waals surface area contributed by atoms with Gasteiger partial charge in [0.1, 0.15) is 12.6 Å². The van der Waals surface area contributed by atoms with Gasteiger partial charge in [-0.2, -0.15) is 0 Å². The lowest BCUT2D eigenvalue weighted by Crippen LogP contribution is -2.54. The minimum absolute atomic E-state index is 0.00995. The van der Waals surface area contributed by atoms with Crippen LogP contribution in [0.2, 0.25) is 10.0 Å². The number of nitrogens with zero attached hydrogens (tertiary/aromatic N) is 2. The summed E-state index contributed by atoms with van der Waals surface area (Å²) in [7, 11) is -4.27. The van der Waals surface area contributed by atoms with Gasteiger partial charge in [-0.1, -0.05) is 108 Å². The first-order valence-electron chi connectivity index (χ1n) is 14.7. The average molecular weight is 667 g/mol. The van der Waals surface area contributed by atoms with Gasteiger partial charge in [0.25, 0.3) is 10.0 Å². The molecule has 4 aromatic rings. The zero-order valence-corrected chi connectivity index (χ0v) is 27.8. The number of amides is 2. The van der Waals surface area contributed by atoms with Crippen molar-refractivity contribution < 1.29 is 18.0 Å². The second-order valence-electron chi connectivity index (χ2n) is 11.0. The Bertz CT molecular complexity index is 1700. The molecule has 0 saturated carbocycles. The molecule has 0 radical (unpaired) electrons. The molecule has 236 valence electrons. The smallest absolute Gasteiger partial charge is 0.264 e.